The molecule has 5 rings (SSSR count). The molecule has 0 unspecified atom stereocenters. The molecule has 2 aromatic carbocycles. The lowest BCUT2D eigenvalue weighted by atomic mass is 10.1. The fourth-order valence-electron chi connectivity index (χ4n) is 2.89. The van der Waals surface area contributed by atoms with Crippen LogP contribution in [-0.2, 0) is 0 Å². The maximum atomic E-state index is 12.7. The van der Waals surface area contributed by atoms with Crippen LogP contribution in [0.15, 0.2) is 47.3 Å². The van der Waals surface area contributed by atoms with Crippen LogP contribution in [-0.4, -0.2) is 21.4 Å². The summed E-state index contributed by atoms with van der Waals surface area (Å²) in [4.78, 5) is 17.8. The molecule has 2 aromatic heterocycles. The van der Waals surface area contributed by atoms with Gasteiger partial charge in [-0.3, -0.25) is 4.79 Å². The summed E-state index contributed by atoms with van der Waals surface area (Å²) >= 11 is 1.32. The van der Waals surface area contributed by atoms with E-state index in [4.69, 9.17) is 9.47 Å². The van der Waals surface area contributed by atoms with Crippen LogP contribution < -0.4 is 19.6 Å². The maximum absolute atomic E-state index is 12.7. The van der Waals surface area contributed by atoms with E-state index in [9.17, 15) is 4.79 Å². The first kappa shape index (κ1) is 15.1. The van der Waals surface area contributed by atoms with Crippen LogP contribution >= 0.6 is 11.3 Å². The van der Waals surface area contributed by atoms with Gasteiger partial charge in [-0.2, -0.15) is 9.50 Å². The molecule has 0 radical (unpaired) electrons. The summed E-state index contributed by atoms with van der Waals surface area (Å²) in [5.41, 5.74) is 2.73. The van der Waals surface area contributed by atoms with Crippen molar-refractivity contribution in [2.24, 2.45) is 0 Å². The average Bonchev–Trinajstić information content (AvgIpc) is 3.32. The molecular formula is C19H13N3O3S. The molecule has 7 heteroatoms. The Balaban J connectivity index is 1.59. The van der Waals surface area contributed by atoms with Gasteiger partial charge in [0.25, 0.3) is 5.56 Å². The third-order valence-corrected chi connectivity index (χ3v) is 5.11. The summed E-state index contributed by atoms with van der Waals surface area (Å²) in [7, 11) is 0. The number of aryl methyl sites for hydroxylation is 1. The van der Waals surface area contributed by atoms with E-state index in [0.717, 1.165) is 22.4 Å². The van der Waals surface area contributed by atoms with Gasteiger partial charge in [0.2, 0.25) is 11.8 Å². The van der Waals surface area contributed by atoms with Crippen LogP contribution in [0.5, 0.6) is 11.5 Å². The molecule has 4 aromatic rings. The Morgan fingerprint density at radius 1 is 1.15 bits per heavy atom. The SMILES string of the molecule is Cc1cccc(-c2nc3s/c(=C\c4ccc5c(c4)OCO5)c(=O)n3n2)c1. The second-order valence-corrected chi connectivity index (χ2v) is 7.04. The molecule has 1 aliphatic rings. The highest BCUT2D eigenvalue weighted by atomic mass is 32.1. The largest absolute Gasteiger partial charge is 0.454 e. The number of hydrogen-bond acceptors (Lipinski definition) is 6. The van der Waals surface area contributed by atoms with Crippen LogP contribution in [0.2, 0.25) is 0 Å². The van der Waals surface area contributed by atoms with E-state index < -0.39 is 0 Å². The van der Waals surface area contributed by atoms with Crippen molar-refractivity contribution in [2.75, 3.05) is 6.79 Å². The van der Waals surface area contributed by atoms with Crippen molar-refractivity contribution >= 4 is 22.4 Å². The van der Waals surface area contributed by atoms with Crippen LogP contribution in [0.3, 0.4) is 0 Å². The van der Waals surface area contributed by atoms with Crippen LogP contribution in [0.1, 0.15) is 11.1 Å². The Morgan fingerprint density at radius 3 is 2.88 bits per heavy atom. The van der Waals surface area contributed by atoms with Gasteiger partial charge in [-0.15, -0.1) is 5.10 Å². The topological polar surface area (TPSA) is 65.7 Å². The number of benzene rings is 2. The summed E-state index contributed by atoms with van der Waals surface area (Å²) in [6.07, 6.45) is 1.82. The van der Waals surface area contributed by atoms with Gasteiger partial charge < -0.3 is 9.47 Å². The fourth-order valence-corrected chi connectivity index (χ4v) is 3.80. The van der Waals surface area contributed by atoms with Gasteiger partial charge in [0.15, 0.2) is 17.3 Å². The van der Waals surface area contributed by atoms with Gasteiger partial charge in [0.05, 0.1) is 4.53 Å². The molecule has 0 fully saturated rings. The van der Waals surface area contributed by atoms with E-state index in [2.05, 4.69) is 10.1 Å². The first-order chi connectivity index (χ1) is 12.7. The van der Waals surface area contributed by atoms with Crippen LogP contribution in [0.4, 0.5) is 0 Å². The number of rotatable bonds is 2. The Labute approximate surface area is 151 Å². The zero-order valence-corrected chi connectivity index (χ0v) is 14.6. The van der Waals surface area contributed by atoms with Crippen molar-refractivity contribution < 1.29 is 9.47 Å². The Kier molecular flexibility index (Phi) is 3.29. The second-order valence-electron chi connectivity index (χ2n) is 6.03. The molecule has 1 aliphatic heterocycles. The zero-order valence-electron chi connectivity index (χ0n) is 13.8. The predicted molar refractivity (Wildman–Crippen MR) is 98.7 cm³/mol. The standard InChI is InChI=1S/C19H13N3O3S/c1-11-3-2-4-13(7-11)17-20-19-22(21-17)18(23)16(26-19)9-12-5-6-14-15(8-12)25-10-24-14/h2-9H,10H2,1H3/b16-9-. The third kappa shape index (κ3) is 2.44. The Morgan fingerprint density at radius 2 is 2.04 bits per heavy atom. The molecular weight excluding hydrogens is 350 g/mol. The molecule has 0 amide bonds. The molecule has 0 saturated carbocycles. The van der Waals surface area contributed by atoms with Crippen molar-refractivity contribution in [2.45, 2.75) is 6.92 Å². The lowest BCUT2D eigenvalue weighted by molar-refractivity contribution is 0.174. The van der Waals surface area contributed by atoms with E-state index >= 15 is 0 Å². The first-order valence-corrected chi connectivity index (χ1v) is 8.87. The van der Waals surface area contributed by atoms with Crippen molar-refractivity contribution in [3.05, 3.63) is 68.5 Å². The van der Waals surface area contributed by atoms with Crippen molar-refractivity contribution in [3.63, 3.8) is 0 Å². The highest BCUT2D eigenvalue weighted by Crippen LogP contribution is 2.32. The van der Waals surface area contributed by atoms with Crippen molar-refractivity contribution in [3.8, 4) is 22.9 Å². The minimum atomic E-state index is -0.172. The predicted octanol–water partition coefficient (Wildman–Crippen LogP) is 2.40. The summed E-state index contributed by atoms with van der Waals surface area (Å²) < 4.78 is 12.6. The number of hydrogen-bond donors (Lipinski definition) is 0. The molecule has 6 nitrogen and oxygen atoms in total. The smallest absolute Gasteiger partial charge is 0.291 e. The van der Waals surface area contributed by atoms with Crippen molar-refractivity contribution in [1.29, 1.82) is 0 Å². The van der Waals surface area contributed by atoms with Gasteiger partial charge in [-0.25, -0.2) is 0 Å². The number of ether oxygens (including phenoxy) is 2. The number of fused-ring (bicyclic) bond motifs is 2. The second kappa shape index (κ2) is 5.67. The van der Waals surface area contributed by atoms with Gasteiger partial charge in [0.1, 0.15) is 0 Å². The molecule has 26 heavy (non-hydrogen) atoms. The molecule has 0 aliphatic carbocycles. The molecule has 0 saturated heterocycles. The molecule has 0 bridgehead atoms. The first-order valence-electron chi connectivity index (χ1n) is 8.05. The Bertz CT molecular complexity index is 1260. The summed E-state index contributed by atoms with van der Waals surface area (Å²) in [5, 5.41) is 4.38. The van der Waals surface area contributed by atoms with E-state index in [0.29, 0.717) is 21.1 Å². The molecule has 3 heterocycles. The lowest BCUT2D eigenvalue weighted by Gasteiger charge is -1.96. The van der Waals surface area contributed by atoms with Gasteiger partial charge in [-0.1, -0.05) is 41.2 Å². The molecule has 128 valence electrons. The fraction of sp³-hybridized carbons (Fsp3) is 0.105. The van der Waals surface area contributed by atoms with Crippen LogP contribution in [0, 0.1) is 6.92 Å². The normalized spacial score (nSPS) is 13.7. The molecule has 0 N–H and O–H groups in total. The third-order valence-electron chi connectivity index (χ3n) is 4.15. The highest BCUT2D eigenvalue weighted by molar-refractivity contribution is 7.15. The monoisotopic (exact) mass is 363 g/mol. The van der Waals surface area contributed by atoms with Gasteiger partial charge >= 0.3 is 0 Å². The lowest BCUT2D eigenvalue weighted by Crippen LogP contribution is -2.23. The van der Waals surface area contributed by atoms with Gasteiger partial charge in [-0.05, 0) is 36.8 Å². The van der Waals surface area contributed by atoms with E-state index in [1.54, 1.807) is 0 Å². The van der Waals surface area contributed by atoms with E-state index in [1.807, 2.05) is 55.5 Å². The number of thiazole rings is 1. The molecule has 0 atom stereocenters. The highest BCUT2D eigenvalue weighted by Gasteiger charge is 2.14. The maximum Gasteiger partial charge on any atom is 0.291 e. The quantitative estimate of drug-likeness (QED) is 0.547. The Hall–Kier alpha value is -3.19. The number of aromatic nitrogens is 3. The summed E-state index contributed by atoms with van der Waals surface area (Å²) in [6, 6.07) is 13.5. The van der Waals surface area contributed by atoms with Crippen LogP contribution in [0.25, 0.3) is 22.4 Å². The minimum Gasteiger partial charge on any atom is -0.454 e. The molecule has 0 spiro atoms. The van der Waals surface area contributed by atoms with Crippen molar-refractivity contribution in [1.82, 2.24) is 14.6 Å². The number of nitrogens with zero attached hydrogens (tertiary/aromatic N) is 3. The average molecular weight is 363 g/mol. The van der Waals surface area contributed by atoms with Gasteiger partial charge in [0, 0.05) is 5.56 Å². The summed E-state index contributed by atoms with van der Waals surface area (Å²) in [6.45, 7) is 2.24. The van der Waals surface area contributed by atoms with E-state index in [1.165, 1.54) is 15.9 Å². The van der Waals surface area contributed by atoms with E-state index in [-0.39, 0.29) is 12.4 Å². The summed E-state index contributed by atoms with van der Waals surface area (Å²) in [5.74, 6) is 1.97. The zero-order chi connectivity index (χ0) is 17.7. The minimum absolute atomic E-state index is 0.172.